The van der Waals surface area contributed by atoms with Gasteiger partial charge in [-0.1, -0.05) is 30.7 Å². The van der Waals surface area contributed by atoms with E-state index >= 15 is 0 Å². The highest BCUT2D eigenvalue weighted by Crippen LogP contribution is 2.37. The van der Waals surface area contributed by atoms with Crippen molar-refractivity contribution in [1.29, 1.82) is 0 Å². The minimum Gasteiger partial charge on any atom is -0.390 e. The van der Waals surface area contributed by atoms with Gasteiger partial charge in [-0.3, -0.25) is 9.59 Å². The summed E-state index contributed by atoms with van der Waals surface area (Å²) in [5, 5.41) is 20.1. The molecule has 0 aliphatic heterocycles. The van der Waals surface area contributed by atoms with Crippen LogP contribution in [0.2, 0.25) is 0 Å². The van der Waals surface area contributed by atoms with Gasteiger partial charge in [-0.05, 0) is 25.2 Å². The summed E-state index contributed by atoms with van der Waals surface area (Å²) in [6, 6.07) is 6.92. The van der Waals surface area contributed by atoms with Gasteiger partial charge < -0.3 is 10.2 Å². The molecule has 1 aromatic carbocycles. The van der Waals surface area contributed by atoms with Gasteiger partial charge in [0, 0.05) is 23.5 Å². The molecule has 4 atom stereocenters. The second kappa shape index (κ2) is 5.70. The van der Waals surface area contributed by atoms with Crippen LogP contribution in [0.1, 0.15) is 52.8 Å². The third-order valence-electron chi connectivity index (χ3n) is 4.90. The highest BCUT2D eigenvalue weighted by molar-refractivity contribution is 6.11. The first-order valence-electron chi connectivity index (χ1n) is 7.62. The number of fused-ring (bicyclic) bond motifs is 1. The number of hydrogen-bond acceptors (Lipinski definition) is 4. The van der Waals surface area contributed by atoms with Crippen molar-refractivity contribution in [2.75, 3.05) is 0 Å². The van der Waals surface area contributed by atoms with E-state index < -0.39 is 12.2 Å². The Hall–Kier alpha value is -1.52. The topological polar surface area (TPSA) is 74.6 Å². The Labute approximate surface area is 123 Å². The Morgan fingerprint density at radius 1 is 0.952 bits per heavy atom. The molecule has 2 aliphatic carbocycles. The van der Waals surface area contributed by atoms with Crippen LogP contribution in [0.15, 0.2) is 24.3 Å². The number of ketones is 2. The van der Waals surface area contributed by atoms with Crippen molar-refractivity contribution in [3.05, 3.63) is 35.4 Å². The molecule has 0 spiro atoms. The minimum atomic E-state index is -0.868. The predicted molar refractivity (Wildman–Crippen MR) is 77.2 cm³/mol. The minimum absolute atomic E-state index is 0.00713. The lowest BCUT2D eigenvalue weighted by Gasteiger charge is -2.36. The van der Waals surface area contributed by atoms with Gasteiger partial charge in [-0.25, -0.2) is 0 Å². The first kappa shape index (κ1) is 14.4. The Kier molecular flexibility index (Phi) is 3.91. The molecule has 1 saturated carbocycles. The van der Waals surface area contributed by atoms with E-state index in [2.05, 4.69) is 0 Å². The Balaban J connectivity index is 1.94. The molecule has 4 nitrogen and oxygen atoms in total. The summed E-state index contributed by atoms with van der Waals surface area (Å²) >= 11 is 0. The number of carbonyl (C=O) groups excluding carboxylic acids is 2. The van der Waals surface area contributed by atoms with E-state index in [0.717, 1.165) is 12.8 Å². The van der Waals surface area contributed by atoms with Crippen LogP contribution in [0.5, 0.6) is 0 Å². The smallest absolute Gasteiger partial charge is 0.167 e. The summed E-state index contributed by atoms with van der Waals surface area (Å²) in [5.41, 5.74) is 0.966. The quantitative estimate of drug-likeness (QED) is 0.775. The van der Waals surface area contributed by atoms with E-state index in [0.29, 0.717) is 30.4 Å². The monoisotopic (exact) mass is 288 g/mol. The van der Waals surface area contributed by atoms with Crippen LogP contribution in [0, 0.1) is 11.8 Å². The lowest BCUT2D eigenvalue weighted by molar-refractivity contribution is -0.0583. The van der Waals surface area contributed by atoms with Crippen LogP contribution in [0.25, 0.3) is 0 Å². The van der Waals surface area contributed by atoms with Crippen molar-refractivity contribution in [1.82, 2.24) is 0 Å². The summed E-state index contributed by atoms with van der Waals surface area (Å²) in [7, 11) is 0. The molecule has 2 N–H and O–H groups in total. The van der Waals surface area contributed by atoms with Crippen molar-refractivity contribution in [2.24, 2.45) is 11.8 Å². The largest absolute Gasteiger partial charge is 0.390 e. The Morgan fingerprint density at radius 2 is 1.67 bits per heavy atom. The molecule has 1 aromatic rings. The lowest BCUT2D eigenvalue weighted by Crippen LogP contribution is -2.43. The van der Waals surface area contributed by atoms with Crippen molar-refractivity contribution in [2.45, 2.75) is 44.3 Å². The standard InChI is InChI=1S/C17H20O4/c18-14-9-8-13(12-6-3-7-15(19)17(12)21)16(20)11-5-2-1-4-10(11)14/h1-2,4-5,12-13,15,17,19,21H,3,6-9H2. The van der Waals surface area contributed by atoms with Gasteiger partial charge in [0.05, 0.1) is 12.2 Å². The van der Waals surface area contributed by atoms with Crippen LogP contribution in [0.3, 0.4) is 0 Å². The zero-order valence-electron chi connectivity index (χ0n) is 11.9. The second-order valence-corrected chi connectivity index (χ2v) is 6.13. The Bertz CT molecular complexity index is 566. The fourth-order valence-corrected chi connectivity index (χ4v) is 3.73. The number of rotatable bonds is 1. The first-order chi connectivity index (χ1) is 10.1. The lowest BCUT2D eigenvalue weighted by atomic mass is 9.73. The zero-order valence-corrected chi connectivity index (χ0v) is 11.9. The van der Waals surface area contributed by atoms with E-state index in [1.165, 1.54) is 0 Å². The molecular weight excluding hydrogens is 268 g/mol. The number of aliphatic hydroxyl groups excluding tert-OH is 2. The molecule has 0 saturated heterocycles. The number of hydrogen-bond donors (Lipinski definition) is 2. The van der Waals surface area contributed by atoms with Crippen molar-refractivity contribution in [3.8, 4) is 0 Å². The van der Waals surface area contributed by atoms with Gasteiger partial charge in [0.15, 0.2) is 11.6 Å². The van der Waals surface area contributed by atoms with Crippen molar-refractivity contribution in [3.63, 3.8) is 0 Å². The molecule has 21 heavy (non-hydrogen) atoms. The van der Waals surface area contributed by atoms with Crippen molar-refractivity contribution < 1.29 is 19.8 Å². The molecule has 112 valence electrons. The van der Waals surface area contributed by atoms with Crippen LogP contribution in [-0.4, -0.2) is 34.0 Å². The maximum absolute atomic E-state index is 12.8. The van der Waals surface area contributed by atoms with Crippen LogP contribution in [0.4, 0.5) is 0 Å². The molecule has 3 rings (SSSR count). The molecule has 0 bridgehead atoms. The predicted octanol–water partition coefficient (Wildman–Crippen LogP) is 1.98. The van der Waals surface area contributed by atoms with E-state index in [9.17, 15) is 19.8 Å². The average molecular weight is 288 g/mol. The number of aliphatic hydroxyl groups is 2. The molecule has 0 amide bonds. The fourth-order valence-electron chi connectivity index (χ4n) is 3.73. The van der Waals surface area contributed by atoms with Crippen LogP contribution in [-0.2, 0) is 0 Å². The highest BCUT2D eigenvalue weighted by Gasteiger charge is 2.41. The molecule has 2 aliphatic rings. The maximum atomic E-state index is 12.8. The third kappa shape index (κ3) is 2.54. The fraction of sp³-hybridized carbons (Fsp3) is 0.529. The Morgan fingerprint density at radius 3 is 2.43 bits per heavy atom. The summed E-state index contributed by atoms with van der Waals surface area (Å²) < 4.78 is 0. The average Bonchev–Trinajstić information content (AvgIpc) is 2.62. The molecule has 0 heterocycles. The third-order valence-corrected chi connectivity index (χ3v) is 4.90. The number of carbonyl (C=O) groups is 2. The van der Waals surface area contributed by atoms with E-state index in [1.54, 1.807) is 24.3 Å². The zero-order chi connectivity index (χ0) is 15.0. The second-order valence-electron chi connectivity index (χ2n) is 6.13. The van der Waals surface area contributed by atoms with Gasteiger partial charge in [-0.2, -0.15) is 0 Å². The van der Waals surface area contributed by atoms with Gasteiger partial charge in [0.2, 0.25) is 0 Å². The van der Waals surface area contributed by atoms with Gasteiger partial charge in [0.1, 0.15) is 0 Å². The van der Waals surface area contributed by atoms with Crippen LogP contribution < -0.4 is 0 Å². The first-order valence-corrected chi connectivity index (χ1v) is 7.62. The number of Topliss-reactive ketones (excluding diaryl/α,β-unsaturated/α-hetero) is 2. The van der Waals surface area contributed by atoms with E-state index in [1.807, 2.05) is 0 Å². The molecule has 4 heteroatoms. The van der Waals surface area contributed by atoms with E-state index in [-0.39, 0.29) is 23.4 Å². The molecular formula is C17H20O4. The maximum Gasteiger partial charge on any atom is 0.167 e. The molecule has 4 unspecified atom stereocenters. The molecule has 0 radical (unpaired) electrons. The summed E-state index contributed by atoms with van der Waals surface area (Å²) in [5.74, 6) is -0.690. The summed E-state index contributed by atoms with van der Waals surface area (Å²) in [4.78, 5) is 24.9. The van der Waals surface area contributed by atoms with Crippen molar-refractivity contribution >= 4 is 11.6 Å². The SMILES string of the molecule is O=C1CCC(C2CCCC(O)C2O)C(=O)c2ccccc21. The molecule has 1 fully saturated rings. The summed E-state index contributed by atoms with van der Waals surface area (Å²) in [6.07, 6.45) is 1.27. The van der Waals surface area contributed by atoms with E-state index in [4.69, 9.17) is 0 Å². The number of benzene rings is 1. The van der Waals surface area contributed by atoms with Gasteiger partial charge in [-0.15, -0.1) is 0 Å². The summed E-state index contributed by atoms with van der Waals surface area (Å²) in [6.45, 7) is 0. The van der Waals surface area contributed by atoms with Gasteiger partial charge in [0.25, 0.3) is 0 Å². The molecule has 0 aromatic heterocycles. The highest BCUT2D eigenvalue weighted by atomic mass is 16.3. The normalized spacial score (nSPS) is 33.4. The van der Waals surface area contributed by atoms with Gasteiger partial charge >= 0.3 is 0 Å². The van der Waals surface area contributed by atoms with Crippen LogP contribution >= 0.6 is 0 Å².